The Morgan fingerprint density at radius 2 is 1.80 bits per heavy atom. The monoisotopic (exact) mass is 211 g/mol. The number of nitrogens with one attached hydrogen (secondary N) is 1. The predicted octanol–water partition coefficient (Wildman–Crippen LogP) is 3.98. The van der Waals surface area contributed by atoms with E-state index >= 15 is 0 Å². The lowest BCUT2D eigenvalue weighted by atomic mass is 9.74. The van der Waals surface area contributed by atoms with E-state index in [0.717, 1.165) is 12.0 Å². The highest BCUT2D eigenvalue weighted by Crippen LogP contribution is 2.35. The molecule has 1 atom stereocenters. The quantitative estimate of drug-likeness (QED) is 0.640. The molecule has 1 fully saturated rings. The van der Waals surface area contributed by atoms with Crippen LogP contribution in [0.4, 0.5) is 0 Å². The van der Waals surface area contributed by atoms with Crippen molar-refractivity contribution in [3.8, 4) is 0 Å². The Morgan fingerprint density at radius 1 is 1.20 bits per heavy atom. The van der Waals surface area contributed by atoms with Gasteiger partial charge in [0, 0.05) is 12.6 Å². The Morgan fingerprint density at radius 3 is 2.20 bits per heavy atom. The smallest absolute Gasteiger partial charge is 0.00684 e. The van der Waals surface area contributed by atoms with Gasteiger partial charge in [-0.2, -0.15) is 0 Å². The molecule has 90 valence electrons. The van der Waals surface area contributed by atoms with E-state index in [-0.39, 0.29) is 0 Å². The van der Waals surface area contributed by atoms with Gasteiger partial charge in [-0.05, 0) is 43.4 Å². The van der Waals surface area contributed by atoms with Gasteiger partial charge >= 0.3 is 0 Å². The standard InChI is InChI=1S/C14H29N/c1-5-12(4)10-14(6-2,7-3)11-15-13-8-9-13/h12-13,15H,5-11H2,1-4H3. The summed E-state index contributed by atoms with van der Waals surface area (Å²) in [6.45, 7) is 10.7. The van der Waals surface area contributed by atoms with Gasteiger partial charge in [-0.1, -0.05) is 34.1 Å². The van der Waals surface area contributed by atoms with E-state index in [1.807, 2.05) is 0 Å². The summed E-state index contributed by atoms with van der Waals surface area (Å²) in [6.07, 6.45) is 8.20. The van der Waals surface area contributed by atoms with Crippen LogP contribution >= 0.6 is 0 Å². The summed E-state index contributed by atoms with van der Waals surface area (Å²) in [6, 6.07) is 0.861. The zero-order chi connectivity index (χ0) is 11.3. The van der Waals surface area contributed by atoms with Gasteiger partial charge in [0.15, 0.2) is 0 Å². The summed E-state index contributed by atoms with van der Waals surface area (Å²) in [5, 5.41) is 3.73. The Bertz CT molecular complexity index is 168. The highest BCUT2D eigenvalue weighted by Gasteiger charge is 2.30. The van der Waals surface area contributed by atoms with Crippen LogP contribution in [0.15, 0.2) is 0 Å². The molecule has 1 N–H and O–H groups in total. The molecule has 0 spiro atoms. The van der Waals surface area contributed by atoms with E-state index in [2.05, 4.69) is 33.0 Å². The van der Waals surface area contributed by atoms with Crippen molar-refractivity contribution >= 4 is 0 Å². The van der Waals surface area contributed by atoms with Gasteiger partial charge in [0.25, 0.3) is 0 Å². The fourth-order valence-corrected chi connectivity index (χ4v) is 2.39. The maximum atomic E-state index is 3.73. The van der Waals surface area contributed by atoms with E-state index in [1.54, 1.807) is 0 Å². The fourth-order valence-electron chi connectivity index (χ4n) is 2.39. The summed E-state index contributed by atoms with van der Waals surface area (Å²) in [7, 11) is 0. The lowest BCUT2D eigenvalue weighted by molar-refractivity contribution is 0.190. The van der Waals surface area contributed by atoms with Gasteiger partial charge in [0.05, 0.1) is 0 Å². The molecule has 0 bridgehead atoms. The fraction of sp³-hybridized carbons (Fsp3) is 1.00. The molecule has 1 heteroatoms. The largest absolute Gasteiger partial charge is 0.313 e. The molecule has 1 saturated carbocycles. The molecule has 1 unspecified atom stereocenters. The Labute approximate surface area is 96.0 Å². The molecule has 0 aromatic heterocycles. The molecular weight excluding hydrogens is 182 g/mol. The van der Waals surface area contributed by atoms with Crippen LogP contribution in [0, 0.1) is 11.3 Å². The van der Waals surface area contributed by atoms with Gasteiger partial charge in [-0.25, -0.2) is 0 Å². The third-order valence-corrected chi connectivity index (χ3v) is 4.32. The molecule has 0 radical (unpaired) electrons. The summed E-state index contributed by atoms with van der Waals surface area (Å²) in [5.41, 5.74) is 0.567. The summed E-state index contributed by atoms with van der Waals surface area (Å²) >= 11 is 0. The Hall–Kier alpha value is -0.0400. The molecule has 1 nitrogen and oxygen atoms in total. The molecule has 0 saturated heterocycles. The third kappa shape index (κ3) is 4.14. The van der Waals surface area contributed by atoms with Crippen LogP contribution in [0.3, 0.4) is 0 Å². The second-order valence-electron chi connectivity index (χ2n) is 5.58. The van der Waals surface area contributed by atoms with Crippen molar-refractivity contribution in [1.29, 1.82) is 0 Å². The molecule has 0 aromatic rings. The molecule has 1 aliphatic rings. The second-order valence-corrected chi connectivity index (χ2v) is 5.58. The topological polar surface area (TPSA) is 12.0 Å². The number of hydrogen-bond donors (Lipinski definition) is 1. The van der Waals surface area contributed by atoms with Crippen molar-refractivity contribution in [3.05, 3.63) is 0 Å². The van der Waals surface area contributed by atoms with Gasteiger partial charge in [0.2, 0.25) is 0 Å². The van der Waals surface area contributed by atoms with Gasteiger partial charge in [-0.3, -0.25) is 0 Å². The minimum Gasteiger partial charge on any atom is -0.313 e. The lowest BCUT2D eigenvalue weighted by Gasteiger charge is -2.34. The highest BCUT2D eigenvalue weighted by atomic mass is 15.0. The first kappa shape index (κ1) is 13.0. The number of hydrogen-bond acceptors (Lipinski definition) is 1. The molecule has 0 aliphatic heterocycles. The molecular formula is C14H29N. The first-order valence-electron chi connectivity index (χ1n) is 6.89. The summed E-state index contributed by atoms with van der Waals surface area (Å²) < 4.78 is 0. The average Bonchev–Trinajstić information content (AvgIpc) is 3.08. The van der Waals surface area contributed by atoms with Crippen LogP contribution in [0.2, 0.25) is 0 Å². The first-order chi connectivity index (χ1) is 7.15. The normalized spacial score (nSPS) is 19.2. The zero-order valence-electron chi connectivity index (χ0n) is 11.1. The molecule has 0 aromatic carbocycles. The minimum atomic E-state index is 0.567. The molecule has 0 amide bonds. The van der Waals surface area contributed by atoms with Crippen molar-refractivity contribution in [1.82, 2.24) is 5.32 Å². The maximum absolute atomic E-state index is 3.73. The SMILES string of the molecule is CCC(C)CC(CC)(CC)CNC1CC1. The van der Waals surface area contributed by atoms with Crippen molar-refractivity contribution in [2.45, 2.75) is 72.3 Å². The van der Waals surface area contributed by atoms with E-state index < -0.39 is 0 Å². The van der Waals surface area contributed by atoms with Crippen molar-refractivity contribution < 1.29 is 0 Å². The van der Waals surface area contributed by atoms with E-state index in [4.69, 9.17) is 0 Å². The van der Waals surface area contributed by atoms with Gasteiger partial charge in [-0.15, -0.1) is 0 Å². The van der Waals surface area contributed by atoms with Crippen LogP contribution in [0.5, 0.6) is 0 Å². The number of rotatable bonds is 8. The van der Waals surface area contributed by atoms with Crippen LogP contribution in [0.1, 0.15) is 66.2 Å². The van der Waals surface area contributed by atoms with Gasteiger partial charge < -0.3 is 5.32 Å². The average molecular weight is 211 g/mol. The minimum absolute atomic E-state index is 0.567. The van der Waals surface area contributed by atoms with Gasteiger partial charge in [0.1, 0.15) is 0 Å². The van der Waals surface area contributed by atoms with Crippen LogP contribution < -0.4 is 5.32 Å². The molecule has 1 rings (SSSR count). The second kappa shape index (κ2) is 5.89. The van der Waals surface area contributed by atoms with Crippen LogP contribution in [0.25, 0.3) is 0 Å². The maximum Gasteiger partial charge on any atom is 0.00684 e. The molecule has 1 aliphatic carbocycles. The first-order valence-corrected chi connectivity index (χ1v) is 6.89. The van der Waals surface area contributed by atoms with E-state index in [1.165, 1.54) is 45.1 Å². The Kier molecular flexibility index (Phi) is 5.11. The molecule has 15 heavy (non-hydrogen) atoms. The highest BCUT2D eigenvalue weighted by molar-refractivity contribution is 4.87. The van der Waals surface area contributed by atoms with E-state index in [0.29, 0.717) is 5.41 Å². The van der Waals surface area contributed by atoms with Crippen molar-refractivity contribution in [3.63, 3.8) is 0 Å². The summed E-state index contributed by atoms with van der Waals surface area (Å²) in [4.78, 5) is 0. The van der Waals surface area contributed by atoms with Crippen molar-refractivity contribution in [2.24, 2.45) is 11.3 Å². The lowest BCUT2D eigenvalue weighted by Crippen LogP contribution is -2.36. The summed E-state index contributed by atoms with van der Waals surface area (Å²) in [5.74, 6) is 0.880. The Balaban J connectivity index is 2.41. The predicted molar refractivity (Wildman–Crippen MR) is 68.1 cm³/mol. The molecule has 0 heterocycles. The van der Waals surface area contributed by atoms with E-state index in [9.17, 15) is 0 Å². The third-order valence-electron chi connectivity index (χ3n) is 4.32. The van der Waals surface area contributed by atoms with Crippen molar-refractivity contribution in [2.75, 3.05) is 6.54 Å². The zero-order valence-corrected chi connectivity index (χ0v) is 11.1. The van der Waals surface area contributed by atoms with Crippen LogP contribution in [-0.4, -0.2) is 12.6 Å². The van der Waals surface area contributed by atoms with Crippen LogP contribution in [-0.2, 0) is 0 Å².